The molecular weight excluding hydrogens is 270 g/mol. The van der Waals surface area contributed by atoms with Crippen LogP contribution in [0.25, 0.3) is 4.96 Å². The van der Waals surface area contributed by atoms with Crippen LogP contribution in [0.15, 0.2) is 6.20 Å². The molecule has 4 nitrogen and oxygen atoms in total. The van der Waals surface area contributed by atoms with E-state index in [1.807, 2.05) is 13.8 Å². The van der Waals surface area contributed by atoms with Crippen LogP contribution in [-0.4, -0.2) is 26.6 Å². The van der Waals surface area contributed by atoms with Crippen molar-refractivity contribution >= 4 is 16.3 Å². The predicted molar refractivity (Wildman–Crippen MR) is 84.3 cm³/mol. The number of nitrogens with zero attached hydrogens (tertiary/aromatic N) is 2. The second-order valence-corrected chi connectivity index (χ2v) is 7.12. The lowest BCUT2D eigenvalue weighted by Crippen LogP contribution is -2.43. The van der Waals surface area contributed by atoms with Crippen molar-refractivity contribution in [3.8, 4) is 0 Å². The predicted octanol–water partition coefficient (Wildman–Crippen LogP) is 2.90. The first kappa shape index (κ1) is 15.5. The maximum Gasteiger partial charge on any atom is 0.194 e. The van der Waals surface area contributed by atoms with E-state index in [-0.39, 0.29) is 5.92 Å². The van der Waals surface area contributed by atoms with Crippen molar-refractivity contribution in [3.63, 3.8) is 0 Å². The maximum atomic E-state index is 10.4. The monoisotopic (exact) mass is 295 g/mol. The molecule has 0 aromatic carbocycles. The van der Waals surface area contributed by atoms with E-state index in [9.17, 15) is 5.11 Å². The van der Waals surface area contributed by atoms with Gasteiger partial charge in [-0.1, -0.05) is 20.3 Å². The highest BCUT2D eigenvalue weighted by atomic mass is 32.1. The molecule has 2 aromatic rings. The smallest absolute Gasteiger partial charge is 0.194 e. The molecule has 5 heteroatoms. The summed E-state index contributed by atoms with van der Waals surface area (Å²) in [6, 6.07) is 0. The van der Waals surface area contributed by atoms with Gasteiger partial charge in [0, 0.05) is 24.2 Å². The topological polar surface area (TPSA) is 49.6 Å². The Morgan fingerprint density at radius 3 is 2.85 bits per heavy atom. The van der Waals surface area contributed by atoms with E-state index >= 15 is 0 Å². The van der Waals surface area contributed by atoms with Gasteiger partial charge in [-0.25, -0.2) is 4.98 Å². The number of hydrogen-bond acceptors (Lipinski definition) is 4. The van der Waals surface area contributed by atoms with Gasteiger partial charge in [0.15, 0.2) is 4.96 Å². The molecule has 2 N–H and O–H groups in total. The molecule has 2 unspecified atom stereocenters. The van der Waals surface area contributed by atoms with Gasteiger partial charge in [-0.05, 0) is 26.7 Å². The molecule has 20 heavy (non-hydrogen) atoms. The molecule has 0 spiro atoms. The van der Waals surface area contributed by atoms with Gasteiger partial charge in [0.25, 0.3) is 0 Å². The molecule has 0 aliphatic rings. The molecule has 112 valence electrons. The number of hydrogen-bond donors (Lipinski definition) is 2. The number of thiazole rings is 1. The zero-order chi connectivity index (χ0) is 14.9. The number of aryl methyl sites for hydroxylation is 2. The van der Waals surface area contributed by atoms with Crippen LogP contribution in [0, 0.1) is 19.8 Å². The maximum absolute atomic E-state index is 10.4. The summed E-state index contributed by atoms with van der Waals surface area (Å²) in [6.45, 7) is 11.6. The molecule has 2 atom stereocenters. The summed E-state index contributed by atoms with van der Waals surface area (Å²) in [7, 11) is 0. The van der Waals surface area contributed by atoms with E-state index in [1.165, 1.54) is 10.6 Å². The zero-order valence-electron chi connectivity index (χ0n) is 13.0. The number of aliphatic hydroxyl groups is 1. The van der Waals surface area contributed by atoms with Crippen molar-refractivity contribution in [1.29, 1.82) is 0 Å². The van der Waals surface area contributed by atoms with Crippen LogP contribution in [0.3, 0.4) is 0 Å². The Morgan fingerprint density at radius 2 is 2.20 bits per heavy atom. The van der Waals surface area contributed by atoms with Crippen LogP contribution in [-0.2, 0) is 6.54 Å². The SMILES string of the molecule is CCC(C)C(C)(O)CNCc1c(C)nc2sc(C)cn12. The molecule has 0 saturated heterocycles. The largest absolute Gasteiger partial charge is 0.389 e. The van der Waals surface area contributed by atoms with Crippen LogP contribution in [0.4, 0.5) is 0 Å². The van der Waals surface area contributed by atoms with Crippen LogP contribution < -0.4 is 5.32 Å². The molecule has 0 saturated carbocycles. The minimum atomic E-state index is -0.670. The molecule has 2 rings (SSSR count). The summed E-state index contributed by atoms with van der Waals surface area (Å²) in [6.07, 6.45) is 3.11. The molecule has 0 radical (unpaired) electrons. The highest BCUT2D eigenvalue weighted by molar-refractivity contribution is 7.17. The number of imidazole rings is 1. The van der Waals surface area contributed by atoms with Crippen LogP contribution in [0.1, 0.15) is 43.5 Å². The lowest BCUT2D eigenvalue weighted by molar-refractivity contribution is 0.00526. The van der Waals surface area contributed by atoms with E-state index in [2.05, 4.69) is 41.7 Å². The molecule has 0 aliphatic carbocycles. The quantitative estimate of drug-likeness (QED) is 0.861. The molecule has 0 bridgehead atoms. The van der Waals surface area contributed by atoms with Gasteiger partial charge >= 0.3 is 0 Å². The summed E-state index contributed by atoms with van der Waals surface area (Å²) in [5.74, 6) is 0.282. The van der Waals surface area contributed by atoms with Gasteiger partial charge in [0.2, 0.25) is 0 Å². The van der Waals surface area contributed by atoms with Gasteiger partial charge < -0.3 is 10.4 Å². The Balaban J connectivity index is 2.04. The van der Waals surface area contributed by atoms with Gasteiger partial charge in [-0.2, -0.15) is 0 Å². The Morgan fingerprint density at radius 1 is 1.50 bits per heavy atom. The molecular formula is C15H25N3OS. The van der Waals surface area contributed by atoms with Crippen molar-refractivity contribution in [2.75, 3.05) is 6.54 Å². The van der Waals surface area contributed by atoms with E-state index in [1.54, 1.807) is 11.3 Å². The minimum absolute atomic E-state index is 0.282. The third-order valence-corrected chi connectivity index (χ3v) is 5.09. The lowest BCUT2D eigenvalue weighted by Gasteiger charge is -2.29. The van der Waals surface area contributed by atoms with Crippen LogP contribution in [0.2, 0.25) is 0 Å². The fourth-order valence-electron chi connectivity index (χ4n) is 2.37. The Hall–Kier alpha value is -0.910. The average Bonchev–Trinajstić information content (AvgIpc) is 2.85. The van der Waals surface area contributed by atoms with E-state index in [0.717, 1.165) is 23.6 Å². The second kappa shape index (κ2) is 5.84. The molecule has 0 amide bonds. The normalized spacial score (nSPS) is 16.5. The van der Waals surface area contributed by atoms with E-state index in [4.69, 9.17) is 0 Å². The standard InChI is InChI=1S/C15H25N3OS/c1-6-10(2)15(5,19)9-16-7-13-12(4)17-14-18(13)8-11(3)20-14/h8,10,16,19H,6-7,9H2,1-5H3. The average molecular weight is 295 g/mol. The number of aromatic nitrogens is 2. The van der Waals surface area contributed by atoms with Crippen LogP contribution in [0.5, 0.6) is 0 Å². The summed E-state index contributed by atoms with van der Waals surface area (Å²) >= 11 is 1.71. The fourth-order valence-corrected chi connectivity index (χ4v) is 3.26. The number of fused-ring (bicyclic) bond motifs is 1. The Kier molecular flexibility index (Phi) is 4.52. The van der Waals surface area contributed by atoms with E-state index < -0.39 is 5.60 Å². The first-order valence-electron chi connectivity index (χ1n) is 7.22. The summed E-state index contributed by atoms with van der Waals surface area (Å²) in [5.41, 5.74) is 1.58. The Labute approximate surface area is 124 Å². The van der Waals surface area contributed by atoms with Crippen molar-refractivity contribution < 1.29 is 5.11 Å². The molecule has 2 aromatic heterocycles. The number of nitrogens with one attached hydrogen (secondary N) is 1. The fraction of sp³-hybridized carbons (Fsp3) is 0.667. The Bertz CT molecular complexity index is 585. The number of rotatable bonds is 6. The van der Waals surface area contributed by atoms with Crippen molar-refractivity contribution in [1.82, 2.24) is 14.7 Å². The van der Waals surface area contributed by atoms with Gasteiger partial charge in [-0.15, -0.1) is 11.3 Å². The molecule has 0 fully saturated rings. The highest BCUT2D eigenvalue weighted by Crippen LogP contribution is 2.22. The summed E-state index contributed by atoms with van der Waals surface area (Å²) in [5, 5.41) is 13.8. The third-order valence-electron chi connectivity index (χ3n) is 4.19. The molecule has 2 heterocycles. The third kappa shape index (κ3) is 3.05. The van der Waals surface area contributed by atoms with E-state index in [0.29, 0.717) is 6.54 Å². The van der Waals surface area contributed by atoms with Crippen molar-refractivity contribution in [2.24, 2.45) is 5.92 Å². The minimum Gasteiger partial charge on any atom is -0.389 e. The van der Waals surface area contributed by atoms with Crippen molar-refractivity contribution in [3.05, 3.63) is 22.5 Å². The van der Waals surface area contributed by atoms with Gasteiger partial charge in [0.1, 0.15) is 0 Å². The zero-order valence-corrected chi connectivity index (χ0v) is 13.8. The van der Waals surface area contributed by atoms with Gasteiger partial charge in [0.05, 0.1) is 17.0 Å². The summed E-state index contributed by atoms with van der Waals surface area (Å²) < 4.78 is 2.15. The van der Waals surface area contributed by atoms with Crippen molar-refractivity contribution in [2.45, 2.75) is 53.2 Å². The highest BCUT2D eigenvalue weighted by Gasteiger charge is 2.26. The van der Waals surface area contributed by atoms with Gasteiger partial charge in [-0.3, -0.25) is 4.40 Å². The lowest BCUT2D eigenvalue weighted by atomic mass is 9.88. The second-order valence-electron chi connectivity index (χ2n) is 5.91. The first-order valence-corrected chi connectivity index (χ1v) is 8.04. The molecule has 0 aliphatic heterocycles. The first-order chi connectivity index (χ1) is 9.35. The van der Waals surface area contributed by atoms with Crippen LogP contribution >= 0.6 is 11.3 Å². The summed E-state index contributed by atoms with van der Waals surface area (Å²) in [4.78, 5) is 6.89.